The zero-order valence-electron chi connectivity index (χ0n) is 12.2. The zero-order chi connectivity index (χ0) is 13.7. The Bertz CT molecular complexity index is 366. The van der Waals surface area contributed by atoms with Crippen molar-refractivity contribution in [3.05, 3.63) is 0 Å². The fourth-order valence-corrected chi connectivity index (χ4v) is 5.38. The van der Waals surface area contributed by atoms with E-state index in [9.17, 15) is 8.42 Å². The molecule has 0 spiro atoms. The topological polar surface area (TPSA) is 46.2 Å². The van der Waals surface area contributed by atoms with Crippen molar-refractivity contribution in [1.82, 2.24) is 5.32 Å². The van der Waals surface area contributed by atoms with Crippen LogP contribution in [0.5, 0.6) is 0 Å². The Kier molecular flexibility index (Phi) is 5.70. The predicted octanol–water partition coefficient (Wildman–Crippen LogP) is 2.90. The van der Waals surface area contributed by atoms with Crippen molar-refractivity contribution >= 4 is 9.84 Å². The van der Waals surface area contributed by atoms with E-state index in [4.69, 9.17) is 0 Å². The first kappa shape index (κ1) is 15.3. The predicted molar refractivity (Wildman–Crippen MR) is 80.1 cm³/mol. The standard InChI is InChI=1S/C15H29NO2S/c1-2-5-13-6-3-7-14(10-9-13)16-15-8-4-11-19(17,18)12-15/h13-16H,2-12H2,1H3. The van der Waals surface area contributed by atoms with Crippen molar-refractivity contribution in [2.75, 3.05) is 11.5 Å². The molecule has 1 aliphatic carbocycles. The quantitative estimate of drug-likeness (QED) is 0.809. The normalized spacial score (nSPS) is 35.7. The molecule has 3 nitrogen and oxygen atoms in total. The van der Waals surface area contributed by atoms with E-state index in [2.05, 4.69) is 12.2 Å². The molecule has 3 atom stereocenters. The average molecular weight is 287 g/mol. The summed E-state index contributed by atoms with van der Waals surface area (Å²) in [5, 5.41) is 3.64. The molecule has 0 aromatic carbocycles. The van der Waals surface area contributed by atoms with Crippen LogP contribution in [0.1, 0.15) is 64.7 Å². The van der Waals surface area contributed by atoms with Gasteiger partial charge in [-0.2, -0.15) is 0 Å². The molecule has 2 rings (SSSR count). The summed E-state index contributed by atoms with van der Waals surface area (Å²) in [6.07, 6.45) is 11.0. The van der Waals surface area contributed by atoms with Crippen LogP contribution < -0.4 is 5.32 Å². The number of sulfone groups is 1. The summed E-state index contributed by atoms with van der Waals surface area (Å²) in [7, 11) is -2.77. The Labute approximate surface area is 118 Å². The monoisotopic (exact) mass is 287 g/mol. The van der Waals surface area contributed by atoms with E-state index < -0.39 is 9.84 Å². The summed E-state index contributed by atoms with van der Waals surface area (Å²) in [6.45, 7) is 2.27. The van der Waals surface area contributed by atoms with Crippen LogP contribution in [0.4, 0.5) is 0 Å². The second-order valence-corrected chi connectivity index (χ2v) is 8.71. The number of hydrogen-bond donors (Lipinski definition) is 1. The molecule has 1 aliphatic heterocycles. The highest BCUT2D eigenvalue weighted by atomic mass is 32.2. The van der Waals surface area contributed by atoms with Crippen LogP contribution >= 0.6 is 0 Å². The molecule has 1 N–H and O–H groups in total. The maximum Gasteiger partial charge on any atom is 0.151 e. The van der Waals surface area contributed by atoms with Crippen LogP contribution in [0.15, 0.2) is 0 Å². The van der Waals surface area contributed by atoms with Crippen molar-refractivity contribution in [2.24, 2.45) is 5.92 Å². The van der Waals surface area contributed by atoms with Crippen molar-refractivity contribution in [3.63, 3.8) is 0 Å². The van der Waals surface area contributed by atoms with Crippen LogP contribution in [-0.4, -0.2) is 32.0 Å². The SMILES string of the molecule is CCCC1CCCC(NC2CCCS(=O)(=O)C2)CC1. The van der Waals surface area contributed by atoms with Crippen LogP contribution in [-0.2, 0) is 9.84 Å². The highest BCUT2D eigenvalue weighted by Gasteiger charge is 2.27. The molecule has 0 amide bonds. The third-order valence-corrected chi connectivity index (χ3v) is 6.54. The Morgan fingerprint density at radius 1 is 1.00 bits per heavy atom. The molecule has 112 valence electrons. The summed E-state index contributed by atoms with van der Waals surface area (Å²) in [5.74, 6) is 1.67. The van der Waals surface area contributed by atoms with Crippen molar-refractivity contribution in [2.45, 2.75) is 76.8 Å². The lowest BCUT2D eigenvalue weighted by Gasteiger charge is -2.28. The number of hydrogen-bond acceptors (Lipinski definition) is 3. The average Bonchev–Trinajstić information content (AvgIpc) is 2.54. The molecule has 1 saturated heterocycles. The minimum absolute atomic E-state index is 0.214. The molecule has 0 bridgehead atoms. The summed E-state index contributed by atoms with van der Waals surface area (Å²) in [5.41, 5.74) is 0. The molecule has 1 heterocycles. The van der Waals surface area contributed by atoms with Gasteiger partial charge in [-0.1, -0.05) is 32.6 Å². The molecule has 19 heavy (non-hydrogen) atoms. The third kappa shape index (κ3) is 5.07. The fraction of sp³-hybridized carbons (Fsp3) is 1.00. The first-order valence-corrected chi connectivity index (χ1v) is 9.87. The van der Waals surface area contributed by atoms with Crippen molar-refractivity contribution in [3.8, 4) is 0 Å². The van der Waals surface area contributed by atoms with E-state index in [1.807, 2.05) is 0 Å². The minimum Gasteiger partial charge on any atom is -0.310 e. The summed E-state index contributed by atoms with van der Waals surface area (Å²) < 4.78 is 23.3. The van der Waals surface area contributed by atoms with E-state index in [1.54, 1.807) is 0 Å². The molecule has 1 saturated carbocycles. The van der Waals surface area contributed by atoms with Gasteiger partial charge in [-0.15, -0.1) is 0 Å². The Hall–Kier alpha value is -0.0900. The highest BCUT2D eigenvalue weighted by molar-refractivity contribution is 7.91. The van der Waals surface area contributed by atoms with E-state index in [0.717, 1.165) is 18.8 Å². The highest BCUT2D eigenvalue weighted by Crippen LogP contribution is 2.27. The van der Waals surface area contributed by atoms with Crippen molar-refractivity contribution in [1.29, 1.82) is 0 Å². The van der Waals surface area contributed by atoms with Gasteiger partial charge in [0.15, 0.2) is 9.84 Å². The minimum atomic E-state index is -2.77. The zero-order valence-corrected chi connectivity index (χ0v) is 13.1. The molecular weight excluding hydrogens is 258 g/mol. The van der Waals surface area contributed by atoms with Crippen LogP contribution in [0.25, 0.3) is 0 Å². The molecule has 4 heteroatoms. The van der Waals surface area contributed by atoms with Crippen molar-refractivity contribution < 1.29 is 8.42 Å². The summed E-state index contributed by atoms with van der Waals surface area (Å²) in [4.78, 5) is 0. The first-order chi connectivity index (χ1) is 9.09. The molecule has 0 aromatic heterocycles. The summed E-state index contributed by atoms with van der Waals surface area (Å²) >= 11 is 0. The van der Waals surface area contributed by atoms with Gasteiger partial charge in [-0.3, -0.25) is 0 Å². The van der Waals surface area contributed by atoms with Gasteiger partial charge in [0.2, 0.25) is 0 Å². The molecule has 3 unspecified atom stereocenters. The van der Waals surface area contributed by atoms with Gasteiger partial charge in [-0.25, -0.2) is 8.42 Å². The lowest BCUT2D eigenvalue weighted by atomic mass is 9.95. The molecule has 0 aromatic rings. The van der Waals surface area contributed by atoms with Crippen LogP contribution in [0.2, 0.25) is 0 Å². The Morgan fingerprint density at radius 2 is 1.79 bits per heavy atom. The van der Waals surface area contributed by atoms with Gasteiger partial charge >= 0.3 is 0 Å². The first-order valence-electron chi connectivity index (χ1n) is 8.05. The van der Waals surface area contributed by atoms with Gasteiger partial charge in [0.05, 0.1) is 11.5 Å². The molecular formula is C15H29NO2S. The molecule has 2 fully saturated rings. The molecule has 2 aliphatic rings. The van der Waals surface area contributed by atoms with Gasteiger partial charge in [-0.05, 0) is 38.0 Å². The van der Waals surface area contributed by atoms with Gasteiger partial charge in [0.1, 0.15) is 0 Å². The number of nitrogens with one attached hydrogen (secondary N) is 1. The van der Waals surface area contributed by atoms with E-state index in [0.29, 0.717) is 17.5 Å². The van der Waals surface area contributed by atoms with Crippen LogP contribution in [0, 0.1) is 5.92 Å². The van der Waals surface area contributed by atoms with Gasteiger partial charge in [0.25, 0.3) is 0 Å². The maximum atomic E-state index is 11.7. The lowest BCUT2D eigenvalue weighted by molar-refractivity contribution is 0.374. The summed E-state index contributed by atoms with van der Waals surface area (Å²) in [6, 6.07) is 0.770. The second-order valence-electron chi connectivity index (χ2n) is 6.48. The van der Waals surface area contributed by atoms with E-state index in [1.165, 1.54) is 44.9 Å². The maximum absolute atomic E-state index is 11.7. The third-order valence-electron chi connectivity index (χ3n) is 4.72. The van der Waals surface area contributed by atoms with Gasteiger partial charge in [0, 0.05) is 12.1 Å². The van der Waals surface area contributed by atoms with Crippen LogP contribution in [0.3, 0.4) is 0 Å². The Morgan fingerprint density at radius 3 is 2.53 bits per heavy atom. The smallest absolute Gasteiger partial charge is 0.151 e. The fourth-order valence-electron chi connectivity index (χ4n) is 3.73. The largest absolute Gasteiger partial charge is 0.310 e. The second kappa shape index (κ2) is 7.07. The number of rotatable bonds is 4. The Balaban J connectivity index is 1.79. The lowest BCUT2D eigenvalue weighted by Crippen LogP contribution is -2.45. The van der Waals surface area contributed by atoms with E-state index in [-0.39, 0.29) is 6.04 Å². The van der Waals surface area contributed by atoms with Gasteiger partial charge < -0.3 is 5.32 Å². The molecule has 0 radical (unpaired) electrons. The van der Waals surface area contributed by atoms with E-state index >= 15 is 0 Å².